The van der Waals surface area contributed by atoms with E-state index >= 15 is 0 Å². The summed E-state index contributed by atoms with van der Waals surface area (Å²) in [5, 5.41) is 10.8. The van der Waals surface area contributed by atoms with Crippen molar-refractivity contribution in [3.63, 3.8) is 0 Å². The van der Waals surface area contributed by atoms with Crippen LogP contribution in [0.2, 0.25) is 0 Å². The third-order valence-electron chi connectivity index (χ3n) is 10.4. The van der Waals surface area contributed by atoms with Crippen molar-refractivity contribution >= 4 is 11.3 Å². The SMILES string of the molecule is CCCCCCCCOc1ccc(-c2ccc(CCCCCCC)cn2)cc1F.CCCCCCCCc1ccc(-c2nnc(-c3ccc(CC)cc3)s2)cc1. The van der Waals surface area contributed by atoms with Gasteiger partial charge in [0.1, 0.15) is 10.0 Å². The van der Waals surface area contributed by atoms with Crippen LogP contribution in [0.15, 0.2) is 85.1 Å². The third kappa shape index (κ3) is 16.3. The van der Waals surface area contributed by atoms with E-state index in [1.165, 1.54) is 125 Å². The van der Waals surface area contributed by atoms with E-state index in [2.05, 4.69) is 97.5 Å². The first-order chi connectivity index (χ1) is 27.5. The van der Waals surface area contributed by atoms with E-state index in [-0.39, 0.29) is 5.82 Å². The van der Waals surface area contributed by atoms with E-state index in [1.54, 1.807) is 17.4 Å². The van der Waals surface area contributed by atoms with Gasteiger partial charge in [0.2, 0.25) is 0 Å². The van der Waals surface area contributed by atoms with E-state index in [0.29, 0.717) is 12.4 Å². The predicted octanol–water partition coefficient (Wildman–Crippen LogP) is 15.5. The van der Waals surface area contributed by atoms with Crippen LogP contribution in [-0.2, 0) is 19.3 Å². The lowest BCUT2D eigenvalue weighted by molar-refractivity contribution is 0.290. The molecular formula is C50H68FN3OS. The molecule has 0 radical (unpaired) electrons. The number of nitrogens with zero attached hydrogens (tertiary/aromatic N) is 3. The predicted molar refractivity (Wildman–Crippen MR) is 238 cm³/mol. The van der Waals surface area contributed by atoms with Gasteiger partial charge >= 0.3 is 0 Å². The Labute approximate surface area is 342 Å². The smallest absolute Gasteiger partial charge is 0.165 e. The van der Waals surface area contributed by atoms with Gasteiger partial charge in [-0.25, -0.2) is 4.39 Å². The van der Waals surface area contributed by atoms with Gasteiger partial charge < -0.3 is 4.74 Å². The summed E-state index contributed by atoms with van der Waals surface area (Å²) < 4.78 is 20.0. The summed E-state index contributed by atoms with van der Waals surface area (Å²) >= 11 is 1.67. The maximum atomic E-state index is 14.4. The second-order valence-corrected chi connectivity index (χ2v) is 16.1. The normalized spacial score (nSPS) is 11.0. The summed E-state index contributed by atoms with van der Waals surface area (Å²) in [7, 11) is 0. The highest BCUT2D eigenvalue weighted by atomic mass is 32.1. The molecular weight excluding hydrogens is 710 g/mol. The van der Waals surface area contributed by atoms with Gasteiger partial charge in [0.25, 0.3) is 0 Å². The molecule has 4 nitrogen and oxygen atoms in total. The van der Waals surface area contributed by atoms with Gasteiger partial charge in [-0.3, -0.25) is 4.98 Å². The van der Waals surface area contributed by atoms with E-state index in [1.807, 2.05) is 18.3 Å². The number of aromatic nitrogens is 3. The van der Waals surface area contributed by atoms with Crippen LogP contribution < -0.4 is 4.74 Å². The molecule has 302 valence electrons. The van der Waals surface area contributed by atoms with Crippen molar-refractivity contribution in [2.24, 2.45) is 0 Å². The maximum Gasteiger partial charge on any atom is 0.165 e. The van der Waals surface area contributed by atoms with Crippen molar-refractivity contribution in [3.05, 3.63) is 108 Å². The van der Waals surface area contributed by atoms with Crippen molar-refractivity contribution in [1.82, 2.24) is 15.2 Å². The second kappa shape index (κ2) is 26.9. The van der Waals surface area contributed by atoms with E-state index < -0.39 is 0 Å². The molecule has 0 bridgehead atoms. The van der Waals surface area contributed by atoms with Crippen LogP contribution in [0.4, 0.5) is 4.39 Å². The minimum absolute atomic E-state index is 0.310. The third-order valence-corrected chi connectivity index (χ3v) is 11.5. The summed E-state index contributed by atoms with van der Waals surface area (Å²) in [6, 6.07) is 26.8. The molecule has 0 unspecified atom stereocenters. The Bertz CT molecular complexity index is 1750. The minimum Gasteiger partial charge on any atom is -0.491 e. The lowest BCUT2D eigenvalue weighted by atomic mass is 10.0. The Hall–Kier alpha value is -3.90. The minimum atomic E-state index is -0.310. The van der Waals surface area contributed by atoms with Crippen LogP contribution in [0, 0.1) is 5.82 Å². The first-order valence-electron chi connectivity index (χ1n) is 21.9. The fourth-order valence-electron chi connectivity index (χ4n) is 6.78. The number of pyridine rings is 1. The molecule has 2 heterocycles. The summed E-state index contributed by atoms with van der Waals surface area (Å²) in [5.41, 5.74) is 7.94. The van der Waals surface area contributed by atoms with E-state index in [0.717, 1.165) is 58.1 Å². The van der Waals surface area contributed by atoms with E-state index in [9.17, 15) is 4.39 Å². The van der Waals surface area contributed by atoms with Crippen molar-refractivity contribution in [1.29, 1.82) is 0 Å². The molecule has 5 aromatic rings. The van der Waals surface area contributed by atoms with Gasteiger partial charge in [-0.2, -0.15) is 0 Å². The molecule has 0 amide bonds. The highest BCUT2D eigenvalue weighted by Gasteiger charge is 2.10. The van der Waals surface area contributed by atoms with Crippen LogP contribution in [0.1, 0.15) is 154 Å². The first kappa shape index (κ1) is 44.8. The molecule has 2 aromatic heterocycles. The number of rotatable bonds is 25. The zero-order valence-corrected chi connectivity index (χ0v) is 35.8. The standard InChI is InChI=1S/C26H38FNO.C24H30N2S/c1-3-5-7-9-11-13-19-29-26-18-16-23(20-24(26)27)25-17-15-22(21-28-25)14-12-10-8-6-4-2;1-3-5-6-7-8-9-10-20-13-17-22(18-14-20)24-26-25-23(27-24)21-15-11-19(4-2)12-16-21/h15-18,20-21H,3-14,19H2,1-2H3;11-18H,3-10H2,1-2H3. The number of benzene rings is 3. The molecule has 56 heavy (non-hydrogen) atoms. The highest BCUT2D eigenvalue weighted by molar-refractivity contribution is 7.17. The van der Waals surface area contributed by atoms with Crippen molar-refractivity contribution in [2.75, 3.05) is 6.61 Å². The summed E-state index contributed by atoms with van der Waals surface area (Å²) in [6.45, 7) is 9.47. The lowest BCUT2D eigenvalue weighted by Gasteiger charge is -2.09. The number of hydrogen-bond acceptors (Lipinski definition) is 5. The zero-order chi connectivity index (χ0) is 39.6. The van der Waals surface area contributed by atoms with Crippen molar-refractivity contribution < 1.29 is 9.13 Å². The van der Waals surface area contributed by atoms with Gasteiger partial charge in [0, 0.05) is 22.9 Å². The Morgan fingerprint density at radius 3 is 1.50 bits per heavy atom. The Balaban J connectivity index is 0.000000249. The van der Waals surface area contributed by atoms with Crippen LogP contribution in [-0.4, -0.2) is 21.8 Å². The zero-order valence-electron chi connectivity index (χ0n) is 35.0. The average Bonchev–Trinajstić information content (AvgIpc) is 3.73. The molecule has 0 fully saturated rings. The van der Waals surface area contributed by atoms with Gasteiger partial charge in [-0.05, 0) is 79.5 Å². The number of aryl methyl sites for hydroxylation is 3. The quantitative estimate of drug-likeness (QED) is 0.0554. The highest BCUT2D eigenvalue weighted by Crippen LogP contribution is 2.31. The largest absolute Gasteiger partial charge is 0.491 e. The summed E-state index contributed by atoms with van der Waals surface area (Å²) in [4.78, 5) is 4.54. The van der Waals surface area contributed by atoms with Gasteiger partial charge in [-0.1, -0.05) is 184 Å². The van der Waals surface area contributed by atoms with Crippen molar-refractivity contribution in [2.45, 2.75) is 156 Å². The van der Waals surface area contributed by atoms with Crippen LogP contribution in [0.25, 0.3) is 32.4 Å². The Morgan fingerprint density at radius 2 is 0.982 bits per heavy atom. The molecule has 0 saturated heterocycles. The van der Waals surface area contributed by atoms with Crippen LogP contribution in [0.3, 0.4) is 0 Å². The number of halogens is 1. The van der Waals surface area contributed by atoms with Gasteiger partial charge in [0.05, 0.1) is 12.3 Å². The molecule has 3 aromatic carbocycles. The average molecular weight is 778 g/mol. The monoisotopic (exact) mass is 778 g/mol. The maximum absolute atomic E-state index is 14.4. The fourth-order valence-corrected chi connectivity index (χ4v) is 7.63. The van der Waals surface area contributed by atoms with E-state index in [4.69, 9.17) is 4.74 Å². The first-order valence-corrected chi connectivity index (χ1v) is 22.8. The van der Waals surface area contributed by atoms with Crippen molar-refractivity contribution in [3.8, 4) is 38.1 Å². The topological polar surface area (TPSA) is 47.9 Å². The molecule has 5 rings (SSSR count). The second-order valence-electron chi connectivity index (χ2n) is 15.2. The molecule has 0 spiro atoms. The Morgan fingerprint density at radius 1 is 0.500 bits per heavy atom. The number of hydrogen-bond donors (Lipinski definition) is 0. The molecule has 0 atom stereocenters. The van der Waals surface area contributed by atoms with Crippen LogP contribution in [0.5, 0.6) is 5.75 Å². The molecule has 0 aliphatic heterocycles. The molecule has 0 saturated carbocycles. The molecule has 0 aliphatic rings. The van der Waals surface area contributed by atoms with Crippen LogP contribution >= 0.6 is 11.3 Å². The van der Waals surface area contributed by atoms with Gasteiger partial charge in [0.15, 0.2) is 11.6 Å². The Kier molecular flexibility index (Phi) is 21.5. The van der Waals surface area contributed by atoms with Gasteiger partial charge in [-0.15, -0.1) is 10.2 Å². The summed E-state index contributed by atoms with van der Waals surface area (Å²) in [5.74, 6) is 0.0290. The number of unbranched alkanes of at least 4 members (excludes halogenated alkanes) is 14. The molecule has 0 N–H and O–H groups in total. The summed E-state index contributed by atoms with van der Waals surface area (Å²) in [6.07, 6.45) is 26.9. The lowest BCUT2D eigenvalue weighted by Crippen LogP contribution is -1.99. The molecule has 6 heteroatoms. The fraction of sp³-hybridized carbons (Fsp3) is 0.500. The molecule has 0 aliphatic carbocycles. The number of ether oxygens (including phenoxy) is 1.